The molecule has 0 saturated heterocycles. The molecular weight excluding hydrogens is 252 g/mol. The molecule has 1 N–H and O–H groups in total. The van der Waals surface area contributed by atoms with Gasteiger partial charge in [0.2, 0.25) is 0 Å². The van der Waals surface area contributed by atoms with Crippen LogP contribution in [0, 0.1) is 6.92 Å². The lowest BCUT2D eigenvalue weighted by Crippen LogP contribution is -2.00. The Bertz CT molecular complexity index is 600. The van der Waals surface area contributed by atoms with E-state index in [2.05, 4.69) is 6.92 Å². The van der Waals surface area contributed by atoms with Gasteiger partial charge in [0.25, 0.3) is 0 Å². The summed E-state index contributed by atoms with van der Waals surface area (Å²) >= 11 is 0. The molecule has 0 bridgehead atoms. The molecule has 2 aromatic carbocycles. The maximum atomic E-state index is 11.2. The number of hydrogen-bond acceptors (Lipinski definition) is 2. The number of carboxylic acids is 1. The summed E-state index contributed by atoms with van der Waals surface area (Å²) in [6.45, 7) is 3.99. The van der Waals surface area contributed by atoms with Gasteiger partial charge in [-0.05, 0) is 43.2 Å². The third-order valence-corrected chi connectivity index (χ3v) is 3.06. The van der Waals surface area contributed by atoms with Gasteiger partial charge in [-0.3, -0.25) is 0 Å². The molecule has 3 nitrogen and oxygen atoms in total. The Hall–Kier alpha value is -2.29. The van der Waals surface area contributed by atoms with Crippen molar-refractivity contribution in [3.63, 3.8) is 0 Å². The summed E-state index contributed by atoms with van der Waals surface area (Å²) in [5, 5.41) is 9.20. The fourth-order valence-corrected chi connectivity index (χ4v) is 2.04. The highest BCUT2D eigenvalue weighted by Crippen LogP contribution is 2.26. The highest BCUT2D eigenvalue weighted by molar-refractivity contribution is 5.91. The fraction of sp³-hybridized carbons (Fsp3) is 0.235. The number of aromatic carboxylic acids is 1. The highest BCUT2D eigenvalue weighted by atomic mass is 16.5. The van der Waals surface area contributed by atoms with Crippen molar-refractivity contribution in [1.82, 2.24) is 0 Å². The predicted octanol–water partition coefficient (Wildman–Crippen LogP) is 4.44. The molecule has 2 rings (SSSR count). The Morgan fingerprint density at radius 1 is 1.15 bits per heavy atom. The third kappa shape index (κ3) is 3.38. The van der Waals surface area contributed by atoms with Crippen LogP contribution in [0.1, 0.15) is 34.8 Å². The number of ether oxygens (including phenoxy) is 1. The SMILES string of the molecule is CCCc1ccc(Oc2ccc(C)cc2C(=O)O)cc1. The molecule has 0 atom stereocenters. The topological polar surface area (TPSA) is 46.5 Å². The van der Waals surface area contributed by atoms with Crippen LogP contribution >= 0.6 is 0 Å². The van der Waals surface area contributed by atoms with Crippen LogP contribution in [0.5, 0.6) is 11.5 Å². The molecule has 0 aliphatic heterocycles. The maximum Gasteiger partial charge on any atom is 0.339 e. The van der Waals surface area contributed by atoms with E-state index in [1.165, 1.54) is 5.56 Å². The molecule has 0 aromatic heterocycles. The van der Waals surface area contributed by atoms with E-state index in [0.29, 0.717) is 11.5 Å². The van der Waals surface area contributed by atoms with Gasteiger partial charge in [-0.25, -0.2) is 4.79 Å². The van der Waals surface area contributed by atoms with Crippen LogP contribution in [0.25, 0.3) is 0 Å². The van der Waals surface area contributed by atoms with Crippen molar-refractivity contribution in [1.29, 1.82) is 0 Å². The molecule has 3 heteroatoms. The van der Waals surface area contributed by atoms with Crippen molar-refractivity contribution >= 4 is 5.97 Å². The quantitative estimate of drug-likeness (QED) is 0.873. The van der Waals surface area contributed by atoms with E-state index in [0.717, 1.165) is 18.4 Å². The minimum Gasteiger partial charge on any atom is -0.478 e. The van der Waals surface area contributed by atoms with Crippen LogP contribution in [-0.2, 0) is 6.42 Å². The molecule has 0 spiro atoms. The van der Waals surface area contributed by atoms with Gasteiger partial charge in [0.15, 0.2) is 0 Å². The van der Waals surface area contributed by atoms with Crippen molar-refractivity contribution in [3.05, 3.63) is 59.2 Å². The van der Waals surface area contributed by atoms with Gasteiger partial charge in [0, 0.05) is 0 Å². The summed E-state index contributed by atoms with van der Waals surface area (Å²) in [6.07, 6.45) is 2.13. The van der Waals surface area contributed by atoms with Gasteiger partial charge >= 0.3 is 5.97 Å². The average Bonchev–Trinajstić information content (AvgIpc) is 2.43. The lowest BCUT2D eigenvalue weighted by Gasteiger charge is -2.10. The monoisotopic (exact) mass is 270 g/mol. The molecule has 0 radical (unpaired) electrons. The Kier molecular flexibility index (Phi) is 4.41. The van der Waals surface area contributed by atoms with Crippen molar-refractivity contribution in [2.24, 2.45) is 0 Å². The van der Waals surface area contributed by atoms with E-state index in [9.17, 15) is 9.90 Å². The van der Waals surface area contributed by atoms with Gasteiger partial charge in [-0.2, -0.15) is 0 Å². The summed E-state index contributed by atoms with van der Waals surface area (Å²) in [4.78, 5) is 11.2. The molecule has 0 fully saturated rings. The summed E-state index contributed by atoms with van der Waals surface area (Å²) in [5.74, 6) is 0.0360. The number of carboxylic acid groups (broad SMARTS) is 1. The summed E-state index contributed by atoms with van der Waals surface area (Å²) in [7, 11) is 0. The first-order chi connectivity index (χ1) is 9.60. The molecular formula is C17H18O3. The van der Waals surface area contributed by atoms with Crippen LogP contribution in [0.4, 0.5) is 0 Å². The van der Waals surface area contributed by atoms with Crippen molar-refractivity contribution in [2.45, 2.75) is 26.7 Å². The Morgan fingerprint density at radius 2 is 1.85 bits per heavy atom. The summed E-state index contributed by atoms with van der Waals surface area (Å²) < 4.78 is 5.68. The number of benzene rings is 2. The Morgan fingerprint density at radius 3 is 2.45 bits per heavy atom. The first-order valence-electron chi connectivity index (χ1n) is 6.71. The fourth-order valence-electron chi connectivity index (χ4n) is 2.04. The van der Waals surface area contributed by atoms with E-state index < -0.39 is 5.97 Å². The zero-order valence-electron chi connectivity index (χ0n) is 11.7. The first-order valence-corrected chi connectivity index (χ1v) is 6.71. The Labute approximate surface area is 118 Å². The zero-order chi connectivity index (χ0) is 14.5. The largest absolute Gasteiger partial charge is 0.478 e. The maximum absolute atomic E-state index is 11.2. The molecule has 0 aliphatic carbocycles. The van der Waals surface area contributed by atoms with Gasteiger partial charge in [-0.1, -0.05) is 37.1 Å². The van der Waals surface area contributed by atoms with Crippen LogP contribution in [0.15, 0.2) is 42.5 Å². The van der Waals surface area contributed by atoms with Gasteiger partial charge < -0.3 is 9.84 Å². The molecule has 2 aromatic rings. The van der Waals surface area contributed by atoms with Gasteiger partial charge in [0.05, 0.1) is 0 Å². The number of hydrogen-bond donors (Lipinski definition) is 1. The molecule has 0 heterocycles. The minimum absolute atomic E-state index is 0.183. The lowest BCUT2D eigenvalue weighted by molar-refractivity contribution is 0.0694. The minimum atomic E-state index is -0.980. The molecule has 0 saturated carbocycles. The van der Waals surface area contributed by atoms with E-state index in [1.54, 1.807) is 12.1 Å². The van der Waals surface area contributed by atoms with Crippen LogP contribution in [0.2, 0.25) is 0 Å². The van der Waals surface area contributed by atoms with E-state index in [1.807, 2.05) is 37.3 Å². The number of rotatable bonds is 5. The van der Waals surface area contributed by atoms with Crippen LogP contribution in [-0.4, -0.2) is 11.1 Å². The van der Waals surface area contributed by atoms with Crippen LogP contribution < -0.4 is 4.74 Å². The Balaban J connectivity index is 2.23. The molecule has 0 aliphatic rings. The molecule has 20 heavy (non-hydrogen) atoms. The second-order valence-corrected chi connectivity index (χ2v) is 4.80. The van der Waals surface area contributed by atoms with E-state index in [4.69, 9.17) is 4.74 Å². The average molecular weight is 270 g/mol. The second-order valence-electron chi connectivity index (χ2n) is 4.80. The number of carbonyl (C=O) groups is 1. The summed E-state index contributed by atoms with van der Waals surface area (Å²) in [5.41, 5.74) is 2.33. The third-order valence-electron chi connectivity index (χ3n) is 3.06. The van der Waals surface area contributed by atoms with Gasteiger partial charge in [-0.15, -0.1) is 0 Å². The highest BCUT2D eigenvalue weighted by Gasteiger charge is 2.12. The van der Waals surface area contributed by atoms with Crippen molar-refractivity contribution in [3.8, 4) is 11.5 Å². The summed E-state index contributed by atoms with van der Waals surface area (Å²) in [6, 6.07) is 12.9. The molecule has 0 amide bonds. The van der Waals surface area contributed by atoms with Gasteiger partial charge in [0.1, 0.15) is 17.1 Å². The smallest absolute Gasteiger partial charge is 0.339 e. The zero-order valence-corrected chi connectivity index (χ0v) is 11.7. The first kappa shape index (κ1) is 14.1. The van der Waals surface area contributed by atoms with Crippen molar-refractivity contribution in [2.75, 3.05) is 0 Å². The van der Waals surface area contributed by atoms with E-state index in [-0.39, 0.29) is 5.56 Å². The van der Waals surface area contributed by atoms with Crippen LogP contribution in [0.3, 0.4) is 0 Å². The second kappa shape index (κ2) is 6.24. The van der Waals surface area contributed by atoms with Crippen molar-refractivity contribution < 1.29 is 14.6 Å². The van der Waals surface area contributed by atoms with E-state index >= 15 is 0 Å². The lowest BCUT2D eigenvalue weighted by atomic mass is 10.1. The molecule has 0 unspecified atom stereocenters. The normalized spacial score (nSPS) is 10.3. The predicted molar refractivity (Wildman–Crippen MR) is 78.6 cm³/mol. The number of aryl methyl sites for hydroxylation is 2. The standard InChI is InChI=1S/C17H18O3/c1-3-4-13-6-8-14(9-7-13)20-16-10-5-12(2)11-15(16)17(18)19/h5-11H,3-4H2,1-2H3,(H,18,19). The molecule has 104 valence electrons.